The topological polar surface area (TPSA) is 38.3 Å². The van der Waals surface area contributed by atoms with Crippen molar-refractivity contribution < 1.29 is 9.53 Å². The van der Waals surface area contributed by atoms with Crippen LogP contribution in [-0.4, -0.2) is 32.6 Å². The number of hydrogen-bond acceptors (Lipinski definition) is 3. The fraction of sp³-hybridized carbons (Fsp3) is 0.909. The molecule has 0 aliphatic rings. The Kier molecular flexibility index (Phi) is 8.89. The third-order valence-corrected chi connectivity index (χ3v) is 2.10. The van der Waals surface area contributed by atoms with Crippen LogP contribution in [0.2, 0.25) is 0 Å². The Hall–Kier alpha value is -0.410. The molecule has 0 unspecified atom stereocenters. The van der Waals surface area contributed by atoms with Crippen LogP contribution in [-0.2, 0) is 9.53 Å². The van der Waals surface area contributed by atoms with E-state index in [9.17, 15) is 4.79 Å². The van der Waals surface area contributed by atoms with E-state index in [4.69, 9.17) is 4.74 Å². The van der Waals surface area contributed by atoms with Crippen LogP contribution in [0.5, 0.6) is 0 Å². The molecule has 0 aromatic rings. The second kappa shape index (κ2) is 9.16. The normalized spacial score (nSPS) is 10.9. The van der Waals surface area contributed by atoms with E-state index in [-0.39, 0.29) is 18.3 Å². The molecule has 0 spiro atoms. The fourth-order valence-electron chi connectivity index (χ4n) is 1.02. The molecule has 0 fully saturated rings. The van der Waals surface area contributed by atoms with E-state index in [0.29, 0.717) is 6.61 Å². The van der Waals surface area contributed by atoms with E-state index in [0.717, 1.165) is 19.4 Å². The Morgan fingerprint density at radius 3 is 2.57 bits per heavy atom. The van der Waals surface area contributed by atoms with E-state index >= 15 is 0 Å². The van der Waals surface area contributed by atoms with Crippen LogP contribution in [0, 0.1) is 5.92 Å². The Morgan fingerprint density at radius 1 is 1.29 bits per heavy atom. The van der Waals surface area contributed by atoms with Gasteiger partial charge in [0.25, 0.3) is 0 Å². The van der Waals surface area contributed by atoms with E-state index in [1.165, 1.54) is 6.42 Å². The average Bonchev–Trinajstić information content (AvgIpc) is 2.16. The molecular formula is C11H23NO2. The zero-order valence-electron chi connectivity index (χ0n) is 9.64. The first-order chi connectivity index (χ1) is 6.68. The molecule has 0 atom stereocenters. The van der Waals surface area contributed by atoms with Crippen LogP contribution in [0.4, 0.5) is 0 Å². The zero-order chi connectivity index (χ0) is 10.8. The Balaban J connectivity index is 3.10. The number of unbranched alkanes of at least 4 members (excludes halogenated alkanes) is 2. The minimum atomic E-state index is 0.0966. The van der Waals surface area contributed by atoms with Crippen LogP contribution < -0.4 is 5.32 Å². The van der Waals surface area contributed by atoms with Gasteiger partial charge in [0.05, 0.1) is 0 Å². The second-order valence-electron chi connectivity index (χ2n) is 3.84. The van der Waals surface area contributed by atoms with E-state index in [1.54, 1.807) is 0 Å². The van der Waals surface area contributed by atoms with Crippen molar-refractivity contribution in [2.24, 2.45) is 5.92 Å². The number of ketones is 1. The van der Waals surface area contributed by atoms with Gasteiger partial charge >= 0.3 is 0 Å². The lowest BCUT2D eigenvalue weighted by Gasteiger charge is -2.05. The number of nitrogens with one attached hydrogen (secondary N) is 1. The third kappa shape index (κ3) is 8.20. The molecular weight excluding hydrogens is 178 g/mol. The zero-order valence-corrected chi connectivity index (χ0v) is 9.64. The highest BCUT2D eigenvalue weighted by atomic mass is 16.5. The molecule has 0 aromatic carbocycles. The molecule has 0 rings (SSSR count). The number of ether oxygens (including phenoxy) is 1. The van der Waals surface area contributed by atoms with Gasteiger partial charge in [0.1, 0.15) is 6.61 Å². The predicted molar refractivity (Wildman–Crippen MR) is 58.4 cm³/mol. The van der Waals surface area contributed by atoms with Gasteiger partial charge in [-0.1, -0.05) is 13.8 Å². The summed E-state index contributed by atoms with van der Waals surface area (Å²) in [6.45, 7) is 5.86. The lowest BCUT2D eigenvalue weighted by molar-refractivity contribution is -0.126. The SMILES string of the molecule is CNCCCCCOCC(=O)C(C)C. The van der Waals surface area contributed by atoms with Crippen LogP contribution in [0.25, 0.3) is 0 Å². The van der Waals surface area contributed by atoms with E-state index < -0.39 is 0 Å². The maximum atomic E-state index is 11.1. The highest BCUT2D eigenvalue weighted by Crippen LogP contribution is 1.97. The van der Waals surface area contributed by atoms with Gasteiger partial charge < -0.3 is 10.1 Å². The third-order valence-electron chi connectivity index (χ3n) is 2.10. The summed E-state index contributed by atoms with van der Waals surface area (Å²) in [6, 6.07) is 0. The van der Waals surface area contributed by atoms with Gasteiger partial charge in [0.2, 0.25) is 0 Å². The van der Waals surface area contributed by atoms with Crippen molar-refractivity contribution in [3.8, 4) is 0 Å². The minimum Gasteiger partial charge on any atom is -0.374 e. The Morgan fingerprint density at radius 2 is 2.00 bits per heavy atom. The van der Waals surface area contributed by atoms with Crippen molar-refractivity contribution in [1.29, 1.82) is 0 Å². The van der Waals surface area contributed by atoms with Gasteiger partial charge in [-0.25, -0.2) is 0 Å². The van der Waals surface area contributed by atoms with Gasteiger partial charge in [0, 0.05) is 12.5 Å². The summed E-state index contributed by atoms with van der Waals surface area (Å²) in [4.78, 5) is 11.1. The average molecular weight is 201 g/mol. The first kappa shape index (κ1) is 13.6. The summed E-state index contributed by atoms with van der Waals surface area (Å²) in [5.41, 5.74) is 0. The van der Waals surface area contributed by atoms with Crippen molar-refractivity contribution in [2.75, 3.05) is 26.8 Å². The highest BCUT2D eigenvalue weighted by Gasteiger charge is 2.05. The van der Waals surface area contributed by atoms with Gasteiger partial charge in [-0.2, -0.15) is 0 Å². The number of carbonyl (C=O) groups is 1. The van der Waals surface area contributed by atoms with Crippen molar-refractivity contribution in [3.05, 3.63) is 0 Å². The second-order valence-corrected chi connectivity index (χ2v) is 3.84. The summed E-state index contributed by atoms with van der Waals surface area (Å²) in [6.07, 6.45) is 3.39. The first-order valence-corrected chi connectivity index (χ1v) is 5.43. The largest absolute Gasteiger partial charge is 0.374 e. The van der Waals surface area contributed by atoms with Gasteiger partial charge in [-0.15, -0.1) is 0 Å². The quantitative estimate of drug-likeness (QED) is 0.576. The van der Waals surface area contributed by atoms with Crippen molar-refractivity contribution >= 4 is 5.78 Å². The van der Waals surface area contributed by atoms with Gasteiger partial charge in [-0.05, 0) is 32.9 Å². The smallest absolute Gasteiger partial charge is 0.160 e. The molecule has 3 heteroatoms. The number of hydrogen-bond donors (Lipinski definition) is 1. The summed E-state index contributed by atoms with van der Waals surface area (Å²) in [5, 5.41) is 3.10. The molecule has 1 N–H and O–H groups in total. The van der Waals surface area contributed by atoms with E-state index in [1.807, 2.05) is 20.9 Å². The molecule has 0 aromatic heterocycles. The lowest BCUT2D eigenvalue weighted by Crippen LogP contribution is -2.15. The number of carbonyl (C=O) groups excluding carboxylic acids is 1. The lowest BCUT2D eigenvalue weighted by atomic mass is 10.1. The number of rotatable bonds is 9. The molecule has 0 aliphatic carbocycles. The molecule has 0 aliphatic heterocycles. The Bertz CT molecular complexity index is 146. The van der Waals surface area contributed by atoms with Crippen LogP contribution >= 0.6 is 0 Å². The molecule has 84 valence electrons. The van der Waals surface area contributed by atoms with Gasteiger partial charge in [-0.3, -0.25) is 4.79 Å². The predicted octanol–water partition coefficient (Wildman–Crippen LogP) is 1.62. The summed E-state index contributed by atoms with van der Waals surface area (Å²) in [5.74, 6) is 0.291. The highest BCUT2D eigenvalue weighted by molar-refractivity contribution is 5.81. The van der Waals surface area contributed by atoms with Crippen LogP contribution in [0.1, 0.15) is 33.1 Å². The fourth-order valence-corrected chi connectivity index (χ4v) is 1.02. The Labute approximate surface area is 87.2 Å². The summed E-state index contributed by atoms with van der Waals surface area (Å²) >= 11 is 0. The molecule has 0 heterocycles. The molecule has 0 amide bonds. The van der Waals surface area contributed by atoms with Crippen molar-refractivity contribution in [3.63, 3.8) is 0 Å². The van der Waals surface area contributed by atoms with Crippen LogP contribution in [0.3, 0.4) is 0 Å². The monoisotopic (exact) mass is 201 g/mol. The summed E-state index contributed by atoms with van der Waals surface area (Å²) < 4.78 is 5.27. The first-order valence-electron chi connectivity index (χ1n) is 5.43. The van der Waals surface area contributed by atoms with E-state index in [2.05, 4.69) is 5.32 Å². The maximum Gasteiger partial charge on any atom is 0.160 e. The molecule has 3 nitrogen and oxygen atoms in total. The minimum absolute atomic E-state index is 0.0966. The summed E-state index contributed by atoms with van der Waals surface area (Å²) in [7, 11) is 1.96. The standard InChI is InChI=1S/C11H23NO2/c1-10(2)11(13)9-14-8-6-4-5-7-12-3/h10,12H,4-9H2,1-3H3. The maximum absolute atomic E-state index is 11.1. The molecule has 0 saturated carbocycles. The molecule has 14 heavy (non-hydrogen) atoms. The number of Topliss-reactive ketones (excluding diaryl/α,β-unsaturated/α-hetero) is 1. The molecule has 0 bridgehead atoms. The van der Waals surface area contributed by atoms with Crippen molar-refractivity contribution in [2.45, 2.75) is 33.1 Å². The molecule has 0 radical (unpaired) electrons. The van der Waals surface area contributed by atoms with Crippen molar-refractivity contribution in [1.82, 2.24) is 5.32 Å². The van der Waals surface area contributed by atoms with Gasteiger partial charge in [0.15, 0.2) is 5.78 Å². The molecule has 0 saturated heterocycles. The van der Waals surface area contributed by atoms with Crippen LogP contribution in [0.15, 0.2) is 0 Å².